The van der Waals surface area contributed by atoms with Gasteiger partial charge in [0, 0.05) is 0 Å². The molecule has 0 unspecified atom stereocenters. The molecular formula is C12H16N2O4. The summed E-state index contributed by atoms with van der Waals surface area (Å²) in [6.45, 7) is 0.412. The van der Waals surface area contributed by atoms with Gasteiger partial charge in [0.1, 0.15) is 11.8 Å². The Morgan fingerprint density at radius 1 is 1.28 bits per heavy atom. The zero-order valence-corrected chi connectivity index (χ0v) is 9.80. The van der Waals surface area contributed by atoms with Crippen molar-refractivity contribution in [1.29, 1.82) is 0 Å². The van der Waals surface area contributed by atoms with Crippen LogP contribution in [0.4, 0.5) is 0 Å². The second-order valence-corrected chi connectivity index (χ2v) is 3.93. The second-order valence-electron chi connectivity index (χ2n) is 3.93. The van der Waals surface area contributed by atoms with E-state index in [1.807, 2.05) is 0 Å². The lowest BCUT2D eigenvalue weighted by molar-refractivity contribution is -0.141. The molecule has 18 heavy (non-hydrogen) atoms. The highest BCUT2D eigenvalue weighted by Gasteiger charge is 2.18. The highest BCUT2D eigenvalue weighted by molar-refractivity contribution is 5.83. The molecule has 1 aromatic rings. The molecule has 1 atom stereocenters. The third-order valence-electron chi connectivity index (χ3n) is 2.44. The average molecular weight is 252 g/mol. The Morgan fingerprint density at radius 2 is 1.89 bits per heavy atom. The molecule has 0 radical (unpaired) electrons. The van der Waals surface area contributed by atoms with E-state index in [0.717, 1.165) is 5.56 Å². The summed E-state index contributed by atoms with van der Waals surface area (Å²) in [4.78, 5) is 21.5. The van der Waals surface area contributed by atoms with Crippen molar-refractivity contribution in [3.8, 4) is 5.75 Å². The molecule has 0 heterocycles. The van der Waals surface area contributed by atoms with E-state index >= 15 is 0 Å². The van der Waals surface area contributed by atoms with Crippen LogP contribution in [0.5, 0.6) is 5.75 Å². The maximum Gasteiger partial charge on any atom is 0.321 e. The highest BCUT2D eigenvalue weighted by Crippen LogP contribution is 2.09. The van der Waals surface area contributed by atoms with Crippen molar-refractivity contribution in [2.75, 3.05) is 6.54 Å². The number of nitrogens with two attached hydrogens (primary N) is 1. The van der Waals surface area contributed by atoms with Gasteiger partial charge in [0.25, 0.3) is 0 Å². The first-order valence-corrected chi connectivity index (χ1v) is 5.51. The van der Waals surface area contributed by atoms with Crippen LogP contribution < -0.4 is 11.1 Å². The summed E-state index contributed by atoms with van der Waals surface area (Å²) in [5.74, 6) is -1.57. The monoisotopic (exact) mass is 252 g/mol. The molecule has 0 spiro atoms. The molecular weight excluding hydrogens is 236 g/mol. The number of aliphatic carboxylic acids is 1. The number of phenols is 1. The number of aromatic hydroxyl groups is 1. The Balaban J connectivity index is 2.41. The third kappa shape index (κ3) is 4.84. The number of nitrogens with one attached hydrogen (secondary N) is 1. The van der Waals surface area contributed by atoms with Crippen molar-refractivity contribution in [3.63, 3.8) is 0 Å². The summed E-state index contributed by atoms with van der Waals surface area (Å²) in [5.41, 5.74) is 5.92. The molecule has 0 aliphatic heterocycles. The van der Waals surface area contributed by atoms with Gasteiger partial charge < -0.3 is 21.3 Å². The van der Waals surface area contributed by atoms with Gasteiger partial charge >= 0.3 is 5.97 Å². The Bertz CT molecular complexity index is 417. The number of carboxylic acid groups (broad SMARTS) is 1. The van der Waals surface area contributed by atoms with E-state index in [-0.39, 0.29) is 12.2 Å². The van der Waals surface area contributed by atoms with E-state index < -0.39 is 17.9 Å². The van der Waals surface area contributed by atoms with Crippen LogP contribution in [0.2, 0.25) is 0 Å². The molecule has 0 bridgehead atoms. The molecule has 6 heteroatoms. The summed E-state index contributed by atoms with van der Waals surface area (Å²) in [6.07, 6.45) is 0.369. The largest absolute Gasteiger partial charge is 0.508 e. The number of carbonyl (C=O) groups excluding carboxylic acids is 1. The third-order valence-corrected chi connectivity index (χ3v) is 2.44. The number of hydrogen-bond donors (Lipinski definition) is 4. The Hall–Kier alpha value is -2.08. The van der Waals surface area contributed by atoms with Crippen LogP contribution in [0.1, 0.15) is 12.0 Å². The predicted molar refractivity (Wildman–Crippen MR) is 65.0 cm³/mol. The molecule has 0 saturated heterocycles. The van der Waals surface area contributed by atoms with E-state index in [1.54, 1.807) is 24.3 Å². The van der Waals surface area contributed by atoms with Gasteiger partial charge in [-0.2, -0.15) is 0 Å². The Kier molecular flexibility index (Phi) is 5.13. The van der Waals surface area contributed by atoms with Crippen LogP contribution in [0.15, 0.2) is 24.3 Å². The summed E-state index contributed by atoms with van der Waals surface area (Å²) in [6, 6.07) is 5.67. The van der Waals surface area contributed by atoms with Crippen molar-refractivity contribution in [3.05, 3.63) is 29.8 Å². The van der Waals surface area contributed by atoms with Crippen molar-refractivity contribution in [1.82, 2.24) is 5.32 Å². The predicted octanol–water partition coefficient (Wildman–Crippen LogP) is -0.147. The lowest BCUT2D eigenvalue weighted by atomic mass is 10.1. The van der Waals surface area contributed by atoms with Gasteiger partial charge in [0.05, 0.1) is 6.42 Å². The molecule has 0 aliphatic rings. The van der Waals surface area contributed by atoms with Gasteiger partial charge in [-0.25, -0.2) is 0 Å². The van der Waals surface area contributed by atoms with Crippen LogP contribution in [0.25, 0.3) is 0 Å². The number of amides is 1. The minimum Gasteiger partial charge on any atom is -0.508 e. The van der Waals surface area contributed by atoms with Crippen LogP contribution in [-0.4, -0.2) is 34.7 Å². The van der Waals surface area contributed by atoms with Gasteiger partial charge in [0.2, 0.25) is 5.91 Å². The van der Waals surface area contributed by atoms with E-state index in [2.05, 4.69) is 5.32 Å². The van der Waals surface area contributed by atoms with Crippen molar-refractivity contribution >= 4 is 11.9 Å². The van der Waals surface area contributed by atoms with Crippen LogP contribution >= 0.6 is 0 Å². The number of rotatable bonds is 7. The van der Waals surface area contributed by atoms with E-state index in [1.165, 1.54) is 0 Å². The van der Waals surface area contributed by atoms with E-state index in [0.29, 0.717) is 13.0 Å². The first-order valence-electron chi connectivity index (χ1n) is 5.51. The standard InChI is InChI=1S/C12H16N2O4/c13-11(16)7-10(12(17)18)14-6-5-8-1-3-9(15)4-2-8/h1-4,10,14-15H,5-7H2,(H2,13,16)(H,17,18)/t10-/m0/s1. The van der Waals surface area contributed by atoms with E-state index in [4.69, 9.17) is 15.9 Å². The molecule has 6 nitrogen and oxygen atoms in total. The van der Waals surface area contributed by atoms with E-state index in [9.17, 15) is 9.59 Å². The van der Waals surface area contributed by atoms with Gasteiger partial charge in [0.15, 0.2) is 0 Å². The second kappa shape index (κ2) is 6.61. The normalized spacial score (nSPS) is 12.0. The zero-order valence-electron chi connectivity index (χ0n) is 9.80. The van der Waals surface area contributed by atoms with Gasteiger partial charge in [-0.05, 0) is 30.7 Å². The molecule has 0 aliphatic carbocycles. The SMILES string of the molecule is NC(=O)C[C@H](NCCc1ccc(O)cc1)C(=O)O. The minimum atomic E-state index is -1.10. The number of carbonyl (C=O) groups is 2. The van der Waals surface area contributed by atoms with Crippen molar-refractivity contribution in [2.45, 2.75) is 18.9 Å². The first kappa shape index (κ1) is 14.0. The highest BCUT2D eigenvalue weighted by atomic mass is 16.4. The van der Waals surface area contributed by atoms with Crippen LogP contribution in [-0.2, 0) is 16.0 Å². The fourth-order valence-electron chi connectivity index (χ4n) is 1.50. The smallest absolute Gasteiger partial charge is 0.321 e. The Morgan fingerprint density at radius 3 is 2.39 bits per heavy atom. The molecule has 5 N–H and O–H groups in total. The number of carboxylic acids is 1. The van der Waals surface area contributed by atoms with Crippen LogP contribution in [0.3, 0.4) is 0 Å². The Labute approximate surface area is 104 Å². The number of hydrogen-bond acceptors (Lipinski definition) is 4. The average Bonchev–Trinajstić information content (AvgIpc) is 2.29. The lowest BCUT2D eigenvalue weighted by Gasteiger charge is -2.12. The zero-order chi connectivity index (χ0) is 13.5. The number of phenolic OH excluding ortho intramolecular Hbond substituents is 1. The molecule has 98 valence electrons. The fraction of sp³-hybridized carbons (Fsp3) is 0.333. The number of primary amides is 1. The van der Waals surface area contributed by atoms with Crippen LogP contribution in [0, 0.1) is 0 Å². The summed E-state index contributed by atoms with van der Waals surface area (Å²) >= 11 is 0. The summed E-state index contributed by atoms with van der Waals surface area (Å²) < 4.78 is 0. The summed E-state index contributed by atoms with van der Waals surface area (Å²) in [7, 11) is 0. The number of benzene rings is 1. The first-order chi connectivity index (χ1) is 8.49. The van der Waals surface area contributed by atoms with Crippen molar-refractivity contribution in [2.24, 2.45) is 5.73 Å². The minimum absolute atomic E-state index is 0.184. The molecule has 1 rings (SSSR count). The lowest BCUT2D eigenvalue weighted by Crippen LogP contribution is -2.40. The molecule has 1 amide bonds. The van der Waals surface area contributed by atoms with Crippen molar-refractivity contribution < 1.29 is 19.8 Å². The molecule has 0 aromatic heterocycles. The van der Waals surface area contributed by atoms with Gasteiger partial charge in [-0.3, -0.25) is 9.59 Å². The molecule has 0 fully saturated rings. The summed E-state index contributed by atoms with van der Waals surface area (Å²) in [5, 5.41) is 20.7. The van der Waals surface area contributed by atoms with Gasteiger partial charge in [-0.15, -0.1) is 0 Å². The maximum absolute atomic E-state index is 10.8. The van der Waals surface area contributed by atoms with Gasteiger partial charge in [-0.1, -0.05) is 12.1 Å². The topological polar surface area (TPSA) is 113 Å². The molecule has 0 saturated carbocycles. The molecule has 1 aromatic carbocycles. The maximum atomic E-state index is 10.8. The quantitative estimate of drug-likeness (QED) is 0.539. The fourth-order valence-corrected chi connectivity index (χ4v) is 1.50.